The number of piperazine rings is 1. The number of nitrogens with zero attached hydrogens (tertiary/aromatic N) is 3. The number of ether oxygens (including phenoxy) is 1. The van der Waals surface area contributed by atoms with E-state index in [0.29, 0.717) is 26.2 Å². The van der Waals surface area contributed by atoms with Gasteiger partial charge in [0.25, 0.3) is 0 Å². The van der Waals surface area contributed by atoms with Crippen molar-refractivity contribution in [2.75, 3.05) is 20.1 Å². The van der Waals surface area contributed by atoms with E-state index in [4.69, 9.17) is 4.74 Å². The number of aromatic nitrogens is 2. The van der Waals surface area contributed by atoms with Crippen LogP contribution in [-0.2, 0) is 22.7 Å². The number of nitrogens with one attached hydrogen (secondary N) is 2. The number of para-hydroxylation sites is 1. The predicted octanol–water partition coefficient (Wildman–Crippen LogP) is 2.86. The van der Waals surface area contributed by atoms with E-state index in [9.17, 15) is 9.59 Å². The summed E-state index contributed by atoms with van der Waals surface area (Å²) >= 11 is 0. The van der Waals surface area contributed by atoms with Gasteiger partial charge in [-0.25, -0.2) is 0 Å². The van der Waals surface area contributed by atoms with Crippen LogP contribution in [0.1, 0.15) is 23.4 Å². The van der Waals surface area contributed by atoms with E-state index >= 15 is 0 Å². The van der Waals surface area contributed by atoms with Crippen LogP contribution in [0.4, 0.5) is 0 Å². The third kappa shape index (κ3) is 5.98. The highest BCUT2D eigenvalue weighted by Crippen LogP contribution is 2.23. The second-order valence-corrected chi connectivity index (χ2v) is 8.34. The fourth-order valence-electron chi connectivity index (χ4n) is 3.95. The largest absolute Gasteiger partial charge is 0.457 e. The Morgan fingerprint density at radius 1 is 1.15 bits per heavy atom. The first-order valence-electron chi connectivity index (χ1n) is 11.1. The van der Waals surface area contributed by atoms with Crippen molar-refractivity contribution < 1.29 is 14.3 Å². The summed E-state index contributed by atoms with van der Waals surface area (Å²) in [6.07, 6.45) is 0.117. The highest BCUT2D eigenvalue weighted by molar-refractivity contribution is 5.88. The zero-order valence-corrected chi connectivity index (χ0v) is 19.0. The molecule has 8 nitrogen and oxygen atoms in total. The molecule has 0 saturated carbocycles. The molecule has 33 heavy (non-hydrogen) atoms. The normalized spacial score (nSPS) is 16.3. The number of benzene rings is 2. The maximum Gasteiger partial charge on any atom is 0.237 e. The molecule has 1 fully saturated rings. The highest BCUT2D eigenvalue weighted by atomic mass is 16.5. The first-order chi connectivity index (χ1) is 16.0. The highest BCUT2D eigenvalue weighted by Gasteiger charge is 2.32. The number of carbonyl (C=O) groups is 2. The standard InChI is InChI=1S/C25H29N5O3/c1-18-13-20(28-27-18)17-29(2)24(31)15-23-25(32)26-11-12-30(23)16-19-7-6-10-22(14-19)33-21-8-4-3-5-9-21/h3-10,13-14,23H,11-12,15-17H2,1-2H3,(H,26,32)(H,27,28)/t23-/m0/s1. The zero-order valence-electron chi connectivity index (χ0n) is 19.0. The third-order valence-electron chi connectivity index (χ3n) is 5.66. The number of hydrogen-bond acceptors (Lipinski definition) is 5. The van der Waals surface area contributed by atoms with Crippen LogP contribution in [0.25, 0.3) is 0 Å². The quantitative estimate of drug-likeness (QED) is 0.554. The van der Waals surface area contributed by atoms with Gasteiger partial charge >= 0.3 is 0 Å². The average molecular weight is 448 g/mol. The van der Waals surface area contributed by atoms with Crippen molar-refractivity contribution in [3.8, 4) is 11.5 Å². The summed E-state index contributed by atoms with van der Waals surface area (Å²) in [6.45, 7) is 4.11. The second-order valence-electron chi connectivity index (χ2n) is 8.34. The van der Waals surface area contributed by atoms with Gasteiger partial charge in [-0.15, -0.1) is 0 Å². The SMILES string of the molecule is Cc1cc(CN(C)C(=O)C[C@H]2C(=O)NCCN2Cc2cccc(Oc3ccccc3)c2)n[nH]1. The molecule has 0 unspecified atom stereocenters. The van der Waals surface area contributed by atoms with E-state index in [1.54, 1.807) is 11.9 Å². The molecule has 1 aromatic heterocycles. The van der Waals surface area contributed by atoms with Gasteiger partial charge in [-0.3, -0.25) is 19.6 Å². The van der Waals surface area contributed by atoms with Crippen LogP contribution in [0.3, 0.4) is 0 Å². The molecule has 4 rings (SSSR count). The molecule has 3 aromatic rings. The summed E-state index contributed by atoms with van der Waals surface area (Å²) in [7, 11) is 1.74. The van der Waals surface area contributed by atoms with Crippen LogP contribution in [0.2, 0.25) is 0 Å². The molecule has 1 aliphatic rings. The number of H-pyrrole nitrogens is 1. The minimum absolute atomic E-state index is 0.0936. The van der Waals surface area contributed by atoms with E-state index in [2.05, 4.69) is 20.4 Å². The van der Waals surface area contributed by atoms with Gasteiger partial charge in [-0.1, -0.05) is 30.3 Å². The van der Waals surface area contributed by atoms with E-state index in [1.165, 1.54) is 0 Å². The van der Waals surface area contributed by atoms with Crippen molar-refractivity contribution in [3.05, 3.63) is 77.6 Å². The Morgan fingerprint density at radius 3 is 2.70 bits per heavy atom. The minimum Gasteiger partial charge on any atom is -0.457 e. The molecule has 0 spiro atoms. The average Bonchev–Trinajstić information content (AvgIpc) is 3.21. The number of rotatable bonds is 8. The minimum atomic E-state index is -0.520. The van der Waals surface area contributed by atoms with Crippen molar-refractivity contribution in [2.24, 2.45) is 0 Å². The van der Waals surface area contributed by atoms with E-state index in [-0.39, 0.29) is 18.2 Å². The smallest absolute Gasteiger partial charge is 0.237 e. The molecular weight excluding hydrogens is 418 g/mol. The van der Waals surface area contributed by atoms with Crippen molar-refractivity contribution in [1.82, 2.24) is 25.3 Å². The monoisotopic (exact) mass is 447 g/mol. The third-order valence-corrected chi connectivity index (χ3v) is 5.66. The fourth-order valence-corrected chi connectivity index (χ4v) is 3.95. The Morgan fingerprint density at radius 2 is 1.94 bits per heavy atom. The zero-order chi connectivity index (χ0) is 23.2. The van der Waals surface area contributed by atoms with Gasteiger partial charge in [0, 0.05) is 32.4 Å². The lowest BCUT2D eigenvalue weighted by Crippen LogP contribution is -2.56. The summed E-state index contributed by atoms with van der Waals surface area (Å²) in [4.78, 5) is 29.2. The van der Waals surface area contributed by atoms with Crippen molar-refractivity contribution in [2.45, 2.75) is 32.5 Å². The molecule has 0 aliphatic carbocycles. The lowest BCUT2D eigenvalue weighted by atomic mass is 10.1. The van der Waals surface area contributed by atoms with Crippen molar-refractivity contribution >= 4 is 11.8 Å². The summed E-state index contributed by atoms with van der Waals surface area (Å²) in [5.41, 5.74) is 2.77. The van der Waals surface area contributed by atoms with Crippen LogP contribution in [-0.4, -0.2) is 58.0 Å². The Kier molecular flexibility index (Phi) is 7.04. The summed E-state index contributed by atoms with van der Waals surface area (Å²) in [5.74, 6) is 1.30. The van der Waals surface area contributed by atoms with E-state index in [1.807, 2.05) is 67.6 Å². The van der Waals surface area contributed by atoms with E-state index < -0.39 is 6.04 Å². The lowest BCUT2D eigenvalue weighted by Gasteiger charge is -2.35. The Bertz CT molecular complexity index is 1100. The molecule has 8 heteroatoms. The fraction of sp³-hybridized carbons (Fsp3) is 0.320. The first-order valence-corrected chi connectivity index (χ1v) is 11.1. The van der Waals surface area contributed by atoms with Gasteiger partial charge < -0.3 is 15.0 Å². The van der Waals surface area contributed by atoms with Crippen LogP contribution >= 0.6 is 0 Å². The number of carbonyl (C=O) groups excluding carboxylic acids is 2. The molecule has 1 atom stereocenters. The van der Waals surface area contributed by atoms with Gasteiger partial charge in [-0.05, 0) is 42.8 Å². The van der Waals surface area contributed by atoms with Gasteiger partial charge in [0.1, 0.15) is 11.5 Å². The molecule has 0 bridgehead atoms. The van der Waals surface area contributed by atoms with Crippen LogP contribution < -0.4 is 10.1 Å². The number of hydrogen-bond donors (Lipinski definition) is 2. The second kappa shape index (κ2) is 10.3. The molecule has 2 heterocycles. The molecule has 172 valence electrons. The Labute approximate surface area is 193 Å². The van der Waals surface area contributed by atoms with E-state index in [0.717, 1.165) is 28.5 Å². The van der Waals surface area contributed by atoms with Crippen molar-refractivity contribution in [1.29, 1.82) is 0 Å². The van der Waals surface area contributed by atoms with Crippen LogP contribution in [0.15, 0.2) is 60.7 Å². The maximum atomic E-state index is 12.9. The molecule has 2 N–H and O–H groups in total. The Balaban J connectivity index is 1.41. The van der Waals surface area contributed by atoms with Crippen LogP contribution in [0.5, 0.6) is 11.5 Å². The molecule has 1 aliphatic heterocycles. The molecule has 2 aromatic carbocycles. The molecule has 1 saturated heterocycles. The summed E-state index contributed by atoms with van der Waals surface area (Å²) in [6, 6.07) is 18.8. The molecule has 0 radical (unpaired) electrons. The first kappa shape index (κ1) is 22.5. The van der Waals surface area contributed by atoms with Gasteiger partial charge in [0.2, 0.25) is 11.8 Å². The van der Waals surface area contributed by atoms with Gasteiger partial charge in [0.05, 0.1) is 24.7 Å². The maximum absolute atomic E-state index is 12.9. The summed E-state index contributed by atoms with van der Waals surface area (Å²) in [5, 5.41) is 9.97. The predicted molar refractivity (Wildman–Crippen MR) is 125 cm³/mol. The number of amides is 2. The number of aromatic amines is 1. The topological polar surface area (TPSA) is 90.6 Å². The molecular formula is C25H29N5O3. The van der Waals surface area contributed by atoms with Gasteiger partial charge in [0.15, 0.2) is 0 Å². The Hall–Kier alpha value is -3.65. The lowest BCUT2D eigenvalue weighted by molar-refractivity contribution is -0.138. The molecule has 2 amide bonds. The summed E-state index contributed by atoms with van der Waals surface area (Å²) < 4.78 is 5.94. The van der Waals surface area contributed by atoms with Crippen LogP contribution in [0, 0.1) is 6.92 Å². The number of aryl methyl sites for hydroxylation is 1. The van der Waals surface area contributed by atoms with Crippen molar-refractivity contribution in [3.63, 3.8) is 0 Å². The van der Waals surface area contributed by atoms with Gasteiger partial charge in [-0.2, -0.15) is 5.10 Å².